The number of nitrogens with zero attached hydrogens (tertiary/aromatic N) is 1. The Balaban J connectivity index is 1.61. The van der Waals surface area contributed by atoms with Crippen molar-refractivity contribution in [3.05, 3.63) is 29.3 Å². The van der Waals surface area contributed by atoms with Gasteiger partial charge in [-0.05, 0) is 82.8 Å². The number of anilines is 1. The molecule has 2 amide bonds. The molecule has 4 nitrogen and oxygen atoms in total. The minimum atomic E-state index is -0.110. The summed E-state index contributed by atoms with van der Waals surface area (Å²) in [4.78, 5) is 14.5. The molecule has 1 atom stereocenters. The number of nitrogens with one attached hydrogen (secondary N) is 2. The number of piperidine rings is 1. The van der Waals surface area contributed by atoms with Gasteiger partial charge in [-0.2, -0.15) is 0 Å². The van der Waals surface area contributed by atoms with Gasteiger partial charge in [0.25, 0.3) is 0 Å². The molecule has 1 aliphatic heterocycles. The number of rotatable bonds is 6. The van der Waals surface area contributed by atoms with Crippen LogP contribution in [0.4, 0.5) is 10.5 Å². The number of aryl methyl sites for hydroxylation is 2. The van der Waals surface area contributed by atoms with Crippen molar-refractivity contribution in [3.8, 4) is 0 Å². The maximum absolute atomic E-state index is 11.9. The summed E-state index contributed by atoms with van der Waals surface area (Å²) >= 11 is 0. The van der Waals surface area contributed by atoms with Gasteiger partial charge in [0.05, 0.1) is 0 Å². The predicted octanol–water partition coefficient (Wildman–Crippen LogP) is 4.08. The Morgan fingerprint density at radius 1 is 1.17 bits per heavy atom. The monoisotopic (exact) mass is 317 g/mol. The summed E-state index contributed by atoms with van der Waals surface area (Å²) in [6, 6.07) is 6.70. The fourth-order valence-electron chi connectivity index (χ4n) is 3.35. The molecule has 0 saturated carbocycles. The average molecular weight is 317 g/mol. The normalized spacial score (nSPS) is 18.7. The van der Waals surface area contributed by atoms with Crippen molar-refractivity contribution in [1.29, 1.82) is 0 Å². The topological polar surface area (TPSA) is 44.4 Å². The Morgan fingerprint density at radius 2 is 1.91 bits per heavy atom. The number of likely N-dealkylation sites (tertiary alicyclic amines) is 1. The highest BCUT2D eigenvalue weighted by Gasteiger charge is 2.16. The summed E-state index contributed by atoms with van der Waals surface area (Å²) in [7, 11) is 0. The Hall–Kier alpha value is -1.55. The molecule has 0 bridgehead atoms. The van der Waals surface area contributed by atoms with E-state index >= 15 is 0 Å². The van der Waals surface area contributed by atoms with Gasteiger partial charge in [0.15, 0.2) is 0 Å². The first-order chi connectivity index (χ1) is 11.0. The molecule has 1 heterocycles. The fourth-order valence-corrected chi connectivity index (χ4v) is 3.35. The van der Waals surface area contributed by atoms with E-state index in [9.17, 15) is 4.79 Å². The van der Waals surface area contributed by atoms with Crippen molar-refractivity contribution >= 4 is 11.7 Å². The SMILES string of the molecule is Cc1cc(C)cc(NC(=O)NCCCCN2CCCC[C@H]2C)c1. The van der Waals surface area contributed by atoms with Crippen molar-refractivity contribution < 1.29 is 4.79 Å². The lowest BCUT2D eigenvalue weighted by Crippen LogP contribution is -2.38. The summed E-state index contributed by atoms with van der Waals surface area (Å²) in [5, 5.41) is 5.86. The largest absolute Gasteiger partial charge is 0.338 e. The van der Waals surface area contributed by atoms with Gasteiger partial charge in [-0.3, -0.25) is 0 Å². The molecular formula is C19H31N3O. The van der Waals surface area contributed by atoms with Crippen LogP contribution < -0.4 is 10.6 Å². The van der Waals surface area contributed by atoms with Crippen LogP contribution in [0, 0.1) is 13.8 Å². The van der Waals surface area contributed by atoms with Crippen molar-refractivity contribution in [2.45, 2.75) is 58.9 Å². The maximum Gasteiger partial charge on any atom is 0.319 e. The van der Waals surface area contributed by atoms with Crippen LogP contribution in [0.5, 0.6) is 0 Å². The number of amides is 2. The van der Waals surface area contributed by atoms with E-state index in [2.05, 4.69) is 28.5 Å². The Labute approximate surface area is 140 Å². The van der Waals surface area contributed by atoms with E-state index < -0.39 is 0 Å². The molecule has 1 fully saturated rings. The molecule has 0 spiro atoms. The van der Waals surface area contributed by atoms with Gasteiger partial charge in [-0.1, -0.05) is 12.5 Å². The molecule has 1 saturated heterocycles. The zero-order chi connectivity index (χ0) is 16.7. The van der Waals surface area contributed by atoms with Gasteiger partial charge >= 0.3 is 6.03 Å². The van der Waals surface area contributed by atoms with E-state index in [0.29, 0.717) is 0 Å². The second-order valence-corrected chi connectivity index (χ2v) is 6.85. The van der Waals surface area contributed by atoms with Crippen LogP contribution in [0.3, 0.4) is 0 Å². The first-order valence-corrected chi connectivity index (χ1v) is 8.92. The minimum absolute atomic E-state index is 0.110. The number of benzene rings is 1. The Bertz CT molecular complexity index is 495. The molecule has 23 heavy (non-hydrogen) atoms. The molecule has 4 heteroatoms. The summed E-state index contributed by atoms with van der Waals surface area (Å²) in [5.41, 5.74) is 3.19. The van der Waals surface area contributed by atoms with Gasteiger partial charge in [-0.15, -0.1) is 0 Å². The third-order valence-corrected chi connectivity index (χ3v) is 4.58. The molecular weight excluding hydrogens is 286 g/mol. The number of carbonyl (C=O) groups excluding carboxylic acids is 1. The van der Waals surface area contributed by atoms with Gasteiger partial charge in [0, 0.05) is 18.3 Å². The number of unbranched alkanes of at least 4 members (excludes halogenated alkanes) is 1. The lowest BCUT2D eigenvalue weighted by Gasteiger charge is -2.33. The molecule has 1 aromatic carbocycles. The maximum atomic E-state index is 11.9. The van der Waals surface area contributed by atoms with Crippen LogP contribution in [-0.2, 0) is 0 Å². The molecule has 0 unspecified atom stereocenters. The zero-order valence-electron chi connectivity index (χ0n) is 14.8. The van der Waals surface area contributed by atoms with Crippen molar-refractivity contribution in [2.75, 3.05) is 25.0 Å². The fraction of sp³-hybridized carbons (Fsp3) is 0.632. The molecule has 128 valence electrons. The highest BCUT2D eigenvalue weighted by atomic mass is 16.2. The first-order valence-electron chi connectivity index (χ1n) is 8.92. The molecule has 2 rings (SSSR count). The van der Waals surface area contributed by atoms with E-state index in [4.69, 9.17) is 0 Å². The highest BCUT2D eigenvalue weighted by Crippen LogP contribution is 2.16. The predicted molar refractivity (Wildman–Crippen MR) is 97.1 cm³/mol. The summed E-state index contributed by atoms with van der Waals surface area (Å²) in [6.45, 7) is 9.53. The van der Waals surface area contributed by atoms with E-state index in [1.807, 2.05) is 26.0 Å². The van der Waals surface area contributed by atoms with Crippen molar-refractivity contribution in [3.63, 3.8) is 0 Å². The van der Waals surface area contributed by atoms with E-state index in [1.165, 1.54) is 25.8 Å². The molecule has 0 aliphatic carbocycles. The van der Waals surface area contributed by atoms with E-state index in [-0.39, 0.29) is 6.03 Å². The van der Waals surface area contributed by atoms with Gasteiger partial charge in [-0.25, -0.2) is 4.79 Å². The zero-order valence-corrected chi connectivity index (χ0v) is 14.8. The van der Waals surface area contributed by atoms with Crippen LogP contribution >= 0.6 is 0 Å². The number of hydrogen-bond donors (Lipinski definition) is 2. The lowest BCUT2D eigenvalue weighted by atomic mass is 10.0. The van der Waals surface area contributed by atoms with E-state index in [1.54, 1.807) is 0 Å². The number of carbonyl (C=O) groups is 1. The highest BCUT2D eigenvalue weighted by molar-refractivity contribution is 5.89. The van der Waals surface area contributed by atoms with Crippen molar-refractivity contribution in [1.82, 2.24) is 10.2 Å². The third-order valence-electron chi connectivity index (χ3n) is 4.58. The Morgan fingerprint density at radius 3 is 2.61 bits per heavy atom. The summed E-state index contributed by atoms with van der Waals surface area (Å²) in [5.74, 6) is 0. The molecule has 1 aliphatic rings. The van der Waals surface area contributed by atoms with Crippen LogP contribution in [0.15, 0.2) is 18.2 Å². The second-order valence-electron chi connectivity index (χ2n) is 6.85. The number of hydrogen-bond acceptors (Lipinski definition) is 2. The minimum Gasteiger partial charge on any atom is -0.338 e. The first kappa shape index (κ1) is 17.8. The van der Waals surface area contributed by atoms with Crippen LogP contribution in [0.2, 0.25) is 0 Å². The standard InChI is InChI=1S/C19H31N3O/c1-15-12-16(2)14-18(13-15)21-19(23)20-9-5-7-11-22-10-6-4-8-17(22)3/h12-14,17H,4-11H2,1-3H3,(H2,20,21,23)/t17-/m1/s1. The summed E-state index contributed by atoms with van der Waals surface area (Å²) < 4.78 is 0. The quantitative estimate of drug-likeness (QED) is 0.777. The van der Waals surface area contributed by atoms with Crippen LogP contribution in [0.1, 0.15) is 50.2 Å². The second kappa shape index (κ2) is 8.92. The lowest BCUT2D eigenvalue weighted by molar-refractivity contribution is 0.158. The Kier molecular flexibility index (Phi) is 6.90. The molecule has 1 aromatic rings. The molecule has 0 aromatic heterocycles. The van der Waals surface area contributed by atoms with Gasteiger partial charge in [0.2, 0.25) is 0 Å². The molecule has 2 N–H and O–H groups in total. The van der Waals surface area contributed by atoms with Crippen LogP contribution in [0.25, 0.3) is 0 Å². The van der Waals surface area contributed by atoms with Gasteiger partial charge < -0.3 is 15.5 Å². The summed E-state index contributed by atoms with van der Waals surface area (Å²) in [6.07, 6.45) is 6.22. The molecule has 0 radical (unpaired) electrons. The van der Waals surface area contributed by atoms with Crippen molar-refractivity contribution in [2.24, 2.45) is 0 Å². The van der Waals surface area contributed by atoms with Gasteiger partial charge in [0.1, 0.15) is 0 Å². The average Bonchev–Trinajstić information content (AvgIpc) is 2.47. The number of urea groups is 1. The van der Waals surface area contributed by atoms with Crippen LogP contribution in [-0.4, -0.2) is 36.6 Å². The third kappa shape index (κ3) is 6.22. The smallest absolute Gasteiger partial charge is 0.319 e. The van der Waals surface area contributed by atoms with E-state index in [0.717, 1.165) is 48.8 Å².